The smallest absolute Gasteiger partial charge is 0.251 e. The minimum atomic E-state index is -0.310. The van der Waals surface area contributed by atoms with Crippen molar-refractivity contribution >= 4 is 46.7 Å². The average Bonchev–Trinajstić information content (AvgIpc) is 3.11. The SMILES string of the molecule is CC(=N)C(C=N)c1ccc2c(c1)SC(=Nc1cc(Cc3ccccc3)nc(N=CC3CCC(O)CC3)n1)CCC2C. The molecule has 0 bridgehead atoms. The molecule has 2 atom stereocenters. The molecule has 41 heavy (non-hydrogen) atoms. The lowest BCUT2D eigenvalue weighted by molar-refractivity contribution is 0.121. The van der Waals surface area contributed by atoms with Gasteiger partial charge < -0.3 is 15.9 Å². The topological polar surface area (TPSA) is 118 Å². The third kappa shape index (κ3) is 7.63. The van der Waals surface area contributed by atoms with Crippen molar-refractivity contribution in [3.05, 3.63) is 77.0 Å². The summed E-state index contributed by atoms with van der Waals surface area (Å²) in [6, 6.07) is 18.6. The van der Waals surface area contributed by atoms with Crippen molar-refractivity contribution in [3.63, 3.8) is 0 Å². The van der Waals surface area contributed by atoms with E-state index in [0.29, 0.717) is 35.7 Å². The molecule has 2 aliphatic rings. The first-order valence-electron chi connectivity index (χ1n) is 14.5. The zero-order chi connectivity index (χ0) is 28.8. The minimum absolute atomic E-state index is 0.196. The van der Waals surface area contributed by atoms with Crippen LogP contribution in [-0.4, -0.2) is 44.4 Å². The number of benzene rings is 2. The van der Waals surface area contributed by atoms with Gasteiger partial charge in [0.25, 0.3) is 5.95 Å². The second-order valence-electron chi connectivity index (χ2n) is 11.2. The van der Waals surface area contributed by atoms with Crippen LogP contribution in [0.15, 0.2) is 69.5 Å². The summed E-state index contributed by atoms with van der Waals surface area (Å²) >= 11 is 1.66. The fourth-order valence-electron chi connectivity index (χ4n) is 5.49. The largest absolute Gasteiger partial charge is 0.393 e. The van der Waals surface area contributed by atoms with Gasteiger partial charge in [-0.15, -0.1) is 0 Å². The average molecular weight is 567 g/mol. The highest BCUT2D eigenvalue weighted by molar-refractivity contribution is 8.14. The van der Waals surface area contributed by atoms with Crippen LogP contribution < -0.4 is 0 Å². The van der Waals surface area contributed by atoms with Crippen LogP contribution in [0.5, 0.6) is 0 Å². The molecule has 2 aromatic carbocycles. The van der Waals surface area contributed by atoms with E-state index >= 15 is 0 Å². The summed E-state index contributed by atoms with van der Waals surface area (Å²) in [4.78, 5) is 20.4. The molecule has 0 saturated heterocycles. The molecule has 1 fully saturated rings. The Bertz CT molecular complexity index is 1450. The predicted molar refractivity (Wildman–Crippen MR) is 169 cm³/mol. The number of hydrogen-bond donors (Lipinski definition) is 3. The van der Waals surface area contributed by atoms with Crippen LogP contribution in [0, 0.1) is 16.7 Å². The first-order valence-corrected chi connectivity index (χ1v) is 15.3. The van der Waals surface area contributed by atoms with Gasteiger partial charge in [0, 0.05) is 35.5 Å². The molecule has 7 nitrogen and oxygen atoms in total. The number of hydrogen-bond acceptors (Lipinski definition) is 8. The highest BCUT2D eigenvalue weighted by Gasteiger charge is 2.22. The summed E-state index contributed by atoms with van der Waals surface area (Å²) in [5.74, 6) is 1.43. The molecule has 212 valence electrons. The maximum Gasteiger partial charge on any atom is 0.251 e. The van der Waals surface area contributed by atoms with Crippen LogP contribution in [0.4, 0.5) is 11.8 Å². The molecule has 2 heterocycles. The van der Waals surface area contributed by atoms with Crippen molar-refractivity contribution in [1.82, 2.24) is 9.97 Å². The first-order chi connectivity index (χ1) is 19.9. The highest BCUT2D eigenvalue weighted by atomic mass is 32.2. The Morgan fingerprint density at radius 3 is 2.59 bits per heavy atom. The van der Waals surface area contributed by atoms with Gasteiger partial charge in [0.1, 0.15) is 0 Å². The molecule has 1 aliphatic heterocycles. The first kappa shape index (κ1) is 29.0. The number of aliphatic hydroxyl groups excluding tert-OH is 1. The normalized spacial score (nSPS) is 22.7. The molecule has 1 saturated carbocycles. The zero-order valence-electron chi connectivity index (χ0n) is 23.8. The standard InChI is InChI=1S/C33H38N6OS/c1-21-8-15-32(41-30-17-25(11-14-28(21)30)29(19-34)22(2)35)38-31-18-26(16-23-6-4-3-5-7-23)37-33(39-31)36-20-24-9-12-27(40)13-10-24/h3-7,11,14,17-21,24,27,29,34-35,40H,8-10,12-13,15-16H2,1-2H3. The van der Waals surface area contributed by atoms with Crippen LogP contribution in [0.1, 0.15) is 86.6 Å². The molecule has 0 amide bonds. The maximum absolute atomic E-state index is 9.85. The predicted octanol–water partition coefficient (Wildman–Crippen LogP) is 7.81. The molecule has 0 spiro atoms. The number of rotatable bonds is 8. The Balaban J connectivity index is 1.46. The number of aliphatic imine (C=N–C) groups is 2. The Hall–Kier alpha value is -3.49. The lowest BCUT2D eigenvalue weighted by atomic mass is 9.88. The summed E-state index contributed by atoms with van der Waals surface area (Å²) in [5.41, 5.74) is 4.76. The van der Waals surface area contributed by atoms with Crippen molar-refractivity contribution in [2.75, 3.05) is 0 Å². The molecule has 8 heteroatoms. The lowest BCUT2D eigenvalue weighted by Gasteiger charge is -2.21. The fourth-order valence-corrected chi connectivity index (χ4v) is 6.69. The second kappa shape index (κ2) is 13.4. The third-order valence-electron chi connectivity index (χ3n) is 7.94. The summed E-state index contributed by atoms with van der Waals surface area (Å²) in [6.07, 6.45) is 9.07. The van der Waals surface area contributed by atoms with Gasteiger partial charge in [-0.3, -0.25) is 0 Å². The van der Waals surface area contributed by atoms with Gasteiger partial charge in [0.2, 0.25) is 0 Å². The summed E-state index contributed by atoms with van der Waals surface area (Å²) < 4.78 is 0. The van der Waals surface area contributed by atoms with Gasteiger partial charge in [-0.05, 0) is 80.0 Å². The molecule has 3 N–H and O–H groups in total. The van der Waals surface area contributed by atoms with Gasteiger partial charge in [-0.1, -0.05) is 61.2 Å². The fraction of sp³-hybridized carbons (Fsp3) is 0.394. The highest BCUT2D eigenvalue weighted by Crippen LogP contribution is 2.39. The van der Waals surface area contributed by atoms with E-state index in [-0.39, 0.29) is 12.0 Å². The number of aliphatic hydroxyl groups is 1. The number of aromatic nitrogens is 2. The number of thioether (sulfide) groups is 1. The van der Waals surface area contributed by atoms with Crippen molar-refractivity contribution in [1.29, 1.82) is 10.8 Å². The lowest BCUT2D eigenvalue weighted by Crippen LogP contribution is -2.18. The van der Waals surface area contributed by atoms with Gasteiger partial charge in [-0.2, -0.15) is 4.98 Å². The molecule has 3 aromatic rings. The third-order valence-corrected chi connectivity index (χ3v) is 9.05. The summed E-state index contributed by atoms with van der Waals surface area (Å²) in [6.45, 7) is 4.00. The quantitative estimate of drug-likeness (QED) is 0.241. The Morgan fingerprint density at radius 1 is 1.07 bits per heavy atom. The Morgan fingerprint density at radius 2 is 1.85 bits per heavy atom. The van der Waals surface area contributed by atoms with E-state index in [1.807, 2.05) is 30.5 Å². The second-order valence-corrected chi connectivity index (χ2v) is 12.3. The molecular weight excluding hydrogens is 528 g/mol. The van der Waals surface area contributed by atoms with Crippen molar-refractivity contribution < 1.29 is 5.11 Å². The van der Waals surface area contributed by atoms with Crippen molar-refractivity contribution in [3.8, 4) is 0 Å². The maximum atomic E-state index is 9.85. The van der Waals surface area contributed by atoms with Crippen LogP contribution in [0.25, 0.3) is 0 Å². The molecule has 5 rings (SSSR count). The number of nitrogens with one attached hydrogen (secondary N) is 2. The van der Waals surface area contributed by atoms with Gasteiger partial charge in [-0.25, -0.2) is 15.0 Å². The summed E-state index contributed by atoms with van der Waals surface area (Å²) in [5, 5.41) is 26.8. The van der Waals surface area contributed by atoms with Crippen LogP contribution in [-0.2, 0) is 6.42 Å². The van der Waals surface area contributed by atoms with Gasteiger partial charge >= 0.3 is 0 Å². The van der Waals surface area contributed by atoms with E-state index in [4.69, 9.17) is 25.8 Å². The molecule has 1 aromatic heterocycles. The van der Waals surface area contributed by atoms with Gasteiger partial charge in [0.05, 0.1) is 22.8 Å². The molecule has 1 aliphatic carbocycles. The van der Waals surface area contributed by atoms with E-state index in [2.05, 4.69) is 42.2 Å². The van der Waals surface area contributed by atoms with E-state index in [1.54, 1.807) is 18.7 Å². The van der Waals surface area contributed by atoms with E-state index in [9.17, 15) is 5.11 Å². The summed E-state index contributed by atoms with van der Waals surface area (Å²) in [7, 11) is 0. The van der Waals surface area contributed by atoms with E-state index in [0.717, 1.165) is 59.7 Å². The molecule has 2 unspecified atom stereocenters. The van der Waals surface area contributed by atoms with Crippen molar-refractivity contribution in [2.24, 2.45) is 15.9 Å². The van der Waals surface area contributed by atoms with E-state index in [1.165, 1.54) is 17.3 Å². The Labute approximate surface area is 246 Å². The van der Waals surface area contributed by atoms with Crippen LogP contribution in [0.2, 0.25) is 0 Å². The number of fused-ring (bicyclic) bond motifs is 1. The zero-order valence-corrected chi connectivity index (χ0v) is 24.6. The number of nitrogens with zero attached hydrogens (tertiary/aromatic N) is 4. The molecule has 0 radical (unpaired) electrons. The molecular formula is C33H38N6OS. The monoisotopic (exact) mass is 566 g/mol. The van der Waals surface area contributed by atoms with Gasteiger partial charge in [0.15, 0.2) is 5.82 Å². The van der Waals surface area contributed by atoms with Crippen molar-refractivity contribution in [2.45, 2.75) is 81.6 Å². The van der Waals surface area contributed by atoms with Crippen LogP contribution >= 0.6 is 11.8 Å². The van der Waals surface area contributed by atoms with E-state index < -0.39 is 0 Å². The minimum Gasteiger partial charge on any atom is -0.393 e. The van der Waals surface area contributed by atoms with Crippen LogP contribution in [0.3, 0.4) is 0 Å². The Kier molecular flexibility index (Phi) is 9.52.